The maximum atomic E-state index is 12.0. The zero-order chi connectivity index (χ0) is 23.1. The first-order valence-corrected chi connectivity index (χ1v) is 10.5. The summed E-state index contributed by atoms with van der Waals surface area (Å²) < 4.78 is 10.7. The first-order chi connectivity index (χ1) is 15.4. The molecule has 1 atom stereocenters. The smallest absolute Gasteiger partial charge is 0.329 e. The second-order valence-corrected chi connectivity index (χ2v) is 7.66. The maximum Gasteiger partial charge on any atom is 0.329 e. The summed E-state index contributed by atoms with van der Waals surface area (Å²) in [5.74, 6) is 1.17. The Kier molecular flexibility index (Phi) is 7.29. The lowest BCUT2D eigenvalue weighted by molar-refractivity contribution is -0.142. The van der Waals surface area contributed by atoms with Crippen LogP contribution in [0.15, 0.2) is 36.5 Å². The van der Waals surface area contributed by atoms with Crippen molar-refractivity contribution < 1.29 is 19.4 Å². The van der Waals surface area contributed by atoms with Crippen LogP contribution < -0.4 is 20.1 Å². The number of carboxylic acid groups (broad SMARTS) is 1. The highest BCUT2D eigenvalue weighted by Crippen LogP contribution is 2.28. The third-order valence-electron chi connectivity index (χ3n) is 5.28. The first kappa shape index (κ1) is 23.1. The SMILES string of the molecule is CCCC[C@@](C)(Nc1nc(NCc2ccc(OC)cc2OC)nc2cccnc12)C(=O)O. The van der Waals surface area contributed by atoms with Crippen LogP contribution in [-0.4, -0.2) is 45.8 Å². The number of unbranched alkanes of at least 4 members (excludes halogenated alkanes) is 1. The molecule has 0 saturated carbocycles. The molecule has 0 unspecified atom stereocenters. The highest BCUT2D eigenvalue weighted by Gasteiger charge is 2.33. The van der Waals surface area contributed by atoms with E-state index in [0.717, 1.165) is 18.4 Å². The number of rotatable bonds is 11. The summed E-state index contributed by atoms with van der Waals surface area (Å²) in [7, 11) is 3.20. The number of hydrogen-bond donors (Lipinski definition) is 3. The van der Waals surface area contributed by atoms with Gasteiger partial charge in [0.05, 0.1) is 19.7 Å². The van der Waals surface area contributed by atoms with Gasteiger partial charge in [0, 0.05) is 24.4 Å². The Bertz CT molecular complexity index is 1090. The van der Waals surface area contributed by atoms with E-state index in [1.54, 1.807) is 39.5 Å². The molecule has 0 aliphatic rings. The van der Waals surface area contributed by atoms with Gasteiger partial charge in [-0.05, 0) is 37.6 Å². The van der Waals surface area contributed by atoms with Gasteiger partial charge in [0.25, 0.3) is 0 Å². The number of fused-ring (bicyclic) bond motifs is 1. The summed E-state index contributed by atoms with van der Waals surface area (Å²) in [5.41, 5.74) is 0.850. The molecular weight excluding hydrogens is 410 g/mol. The van der Waals surface area contributed by atoms with Crippen molar-refractivity contribution in [1.82, 2.24) is 15.0 Å². The predicted molar refractivity (Wildman–Crippen MR) is 123 cm³/mol. The largest absolute Gasteiger partial charge is 0.497 e. The Labute approximate surface area is 187 Å². The molecule has 0 saturated heterocycles. The summed E-state index contributed by atoms with van der Waals surface area (Å²) >= 11 is 0. The average Bonchev–Trinajstić information content (AvgIpc) is 2.81. The van der Waals surface area contributed by atoms with Gasteiger partial charge in [0.2, 0.25) is 5.95 Å². The van der Waals surface area contributed by atoms with E-state index in [4.69, 9.17) is 9.47 Å². The summed E-state index contributed by atoms with van der Waals surface area (Å²) in [6.45, 7) is 4.10. The second-order valence-electron chi connectivity index (χ2n) is 7.66. The number of ether oxygens (including phenoxy) is 2. The topological polar surface area (TPSA) is 118 Å². The van der Waals surface area contributed by atoms with Crippen molar-refractivity contribution in [3.8, 4) is 11.5 Å². The van der Waals surface area contributed by atoms with E-state index in [1.807, 2.05) is 25.1 Å². The van der Waals surface area contributed by atoms with Crippen LogP contribution in [0, 0.1) is 0 Å². The van der Waals surface area contributed by atoms with Crippen LogP contribution in [0.1, 0.15) is 38.7 Å². The Morgan fingerprint density at radius 1 is 1.19 bits per heavy atom. The van der Waals surface area contributed by atoms with Gasteiger partial charge in [-0.1, -0.05) is 19.8 Å². The summed E-state index contributed by atoms with van der Waals surface area (Å²) in [6.07, 6.45) is 3.76. The van der Waals surface area contributed by atoms with Crippen LogP contribution in [0.5, 0.6) is 11.5 Å². The minimum Gasteiger partial charge on any atom is -0.497 e. The number of aromatic nitrogens is 3. The molecule has 0 amide bonds. The number of carbonyl (C=O) groups is 1. The van der Waals surface area contributed by atoms with Crippen molar-refractivity contribution >= 4 is 28.8 Å². The lowest BCUT2D eigenvalue weighted by atomic mass is 9.95. The molecule has 0 radical (unpaired) electrons. The number of aliphatic carboxylic acids is 1. The normalized spacial score (nSPS) is 12.8. The van der Waals surface area contributed by atoms with Crippen LogP contribution in [-0.2, 0) is 11.3 Å². The minimum atomic E-state index is -1.18. The fourth-order valence-corrected chi connectivity index (χ4v) is 3.32. The Morgan fingerprint density at radius 2 is 2.00 bits per heavy atom. The average molecular weight is 440 g/mol. The minimum absolute atomic E-state index is 0.356. The molecule has 3 N–H and O–H groups in total. The van der Waals surface area contributed by atoms with Crippen LogP contribution in [0.3, 0.4) is 0 Å². The number of pyridine rings is 1. The first-order valence-electron chi connectivity index (χ1n) is 10.5. The highest BCUT2D eigenvalue weighted by molar-refractivity contribution is 5.90. The molecular formula is C23H29N5O4. The van der Waals surface area contributed by atoms with Crippen molar-refractivity contribution in [2.75, 3.05) is 24.9 Å². The molecule has 0 bridgehead atoms. The van der Waals surface area contributed by atoms with Gasteiger partial charge in [-0.15, -0.1) is 0 Å². The lowest BCUT2D eigenvalue weighted by Gasteiger charge is -2.27. The van der Waals surface area contributed by atoms with Crippen LogP contribution in [0.4, 0.5) is 11.8 Å². The molecule has 2 aromatic heterocycles. The number of nitrogens with one attached hydrogen (secondary N) is 2. The fraction of sp³-hybridized carbons (Fsp3) is 0.391. The summed E-state index contributed by atoms with van der Waals surface area (Å²) in [6, 6.07) is 9.16. The van der Waals surface area contributed by atoms with Gasteiger partial charge in [-0.3, -0.25) is 4.98 Å². The Hall–Kier alpha value is -3.62. The fourth-order valence-electron chi connectivity index (χ4n) is 3.32. The van der Waals surface area contributed by atoms with Gasteiger partial charge >= 0.3 is 5.97 Å². The number of carboxylic acids is 1. The maximum absolute atomic E-state index is 12.0. The molecule has 0 fully saturated rings. The van der Waals surface area contributed by atoms with Crippen LogP contribution in [0.2, 0.25) is 0 Å². The van der Waals surface area contributed by atoms with Crippen molar-refractivity contribution in [3.63, 3.8) is 0 Å². The lowest BCUT2D eigenvalue weighted by Crippen LogP contribution is -2.43. The van der Waals surface area contributed by atoms with Crippen LogP contribution in [0.25, 0.3) is 11.0 Å². The van der Waals surface area contributed by atoms with Crippen LogP contribution >= 0.6 is 0 Å². The zero-order valence-electron chi connectivity index (χ0n) is 18.8. The van der Waals surface area contributed by atoms with E-state index in [1.165, 1.54) is 0 Å². The van der Waals surface area contributed by atoms with E-state index >= 15 is 0 Å². The molecule has 3 aromatic rings. The van der Waals surface area contributed by atoms with E-state index in [0.29, 0.717) is 47.3 Å². The van der Waals surface area contributed by atoms with E-state index in [2.05, 4.69) is 25.6 Å². The number of anilines is 2. The molecule has 9 heteroatoms. The number of benzene rings is 1. The van der Waals surface area contributed by atoms with E-state index < -0.39 is 11.5 Å². The van der Waals surface area contributed by atoms with E-state index in [9.17, 15) is 9.90 Å². The van der Waals surface area contributed by atoms with Crippen molar-refractivity contribution in [1.29, 1.82) is 0 Å². The molecule has 170 valence electrons. The van der Waals surface area contributed by atoms with Crippen molar-refractivity contribution in [2.45, 2.75) is 45.2 Å². The molecule has 1 aromatic carbocycles. The third-order valence-corrected chi connectivity index (χ3v) is 5.28. The van der Waals surface area contributed by atoms with Gasteiger partial charge in [-0.2, -0.15) is 4.98 Å². The number of methoxy groups -OCH3 is 2. The second kappa shape index (κ2) is 10.1. The number of nitrogens with zero attached hydrogens (tertiary/aromatic N) is 3. The standard InChI is InChI=1S/C23H29N5O4/c1-5-6-11-23(2,21(29)30)28-20-19-17(8-7-12-24-19)26-22(27-20)25-14-15-9-10-16(31-3)13-18(15)32-4/h7-10,12-13H,5-6,11,14H2,1-4H3,(H,29,30)(H2,25,26,27,28)/t23-/m1/s1. The molecule has 2 heterocycles. The molecule has 0 aliphatic heterocycles. The number of hydrogen-bond acceptors (Lipinski definition) is 8. The molecule has 3 rings (SSSR count). The van der Waals surface area contributed by atoms with Gasteiger partial charge < -0.3 is 25.2 Å². The third kappa shape index (κ3) is 5.16. The van der Waals surface area contributed by atoms with Gasteiger partial charge in [0.15, 0.2) is 5.82 Å². The molecule has 0 spiro atoms. The van der Waals surface area contributed by atoms with Gasteiger partial charge in [0.1, 0.15) is 22.6 Å². The molecule has 0 aliphatic carbocycles. The van der Waals surface area contributed by atoms with Gasteiger partial charge in [-0.25, -0.2) is 9.78 Å². The Morgan fingerprint density at radius 3 is 2.69 bits per heavy atom. The predicted octanol–water partition coefficient (Wildman–Crippen LogP) is 4.10. The van der Waals surface area contributed by atoms with E-state index in [-0.39, 0.29) is 0 Å². The summed E-state index contributed by atoms with van der Waals surface area (Å²) in [5, 5.41) is 16.2. The highest BCUT2D eigenvalue weighted by atomic mass is 16.5. The molecule has 9 nitrogen and oxygen atoms in total. The quantitative estimate of drug-likeness (QED) is 0.406. The Balaban J connectivity index is 1.92. The zero-order valence-corrected chi connectivity index (χ0v) is 18.8. The molecule has 32 heavy (non-hydrogen) atoms. The monoisotopic (exact) mass is 439 g/mol. The van der Waals surface area contributed by atoms with Crippen molar-refractivity contribution in [3.05, 3.63) is 42.1 Å². The summed E-state index contributed by atoms with van der Waals surface area (Å²) in [4.78, 5) is 25.5. The van der Waals surface area contributed by atoms with Crippen molar-refractivity contribution in [2.24, 2.45) is 0 Å².